The lowest BCUT2D eigenvalue weighted by molar-refractivity contribution is 0.302. The molecular formula is C24H34O. The Kier molecular flexibility index (Phi) is 6.78. The Labute approximate surface area is 153 Å². The third kappa shape index (κ3) is 5.00. The van der Waals surface area contributed by atoms with E-state index in [4.69, 9.17) is 4.74 Å². The number of methoxy groups -OCH3 is 1. The zero-order chi connectivity index (χ0) is 17.5. The highest BCUT2D eigenvalue weighted by Crippen LogP contribution is 2.38. The summed E-state index contributed by atoms with van der Waals surface area (Å²) in [6.07, 6.45) is 14.2. The molecule has 0 radical (unpaired) electrons. The molecule has 1 heteroatoms. The highest BCUT2D eigenvalue weighted by atomic mass is 16.5. The molecule has 0 unspecified atom stereocenters. The molecule has 1 aliphatic rings. The molecule has 2 aromatic carbocycles. The van der Waals surface area contributed by atoms with Crippen molar-refractivity contribution in [3.05, 3.63) is 42.0 Å². The predicted octanol–water partition coefficient (Wildman–Crippen LogP) is 7.48. The summed E-state index contributed by atoms with van der Waals surface area (Å²) < 4.78 is 5.33. The highest BCUT2D eigenvalue weighted by Gasteiger charge is 2.22. The van der Waals surface area contributed by atoms with Crippen LogP contribution in [0.5, 0.6) is 5.75 Å². The van der Waals surface area contributed by atoms with Crippen LogP contribution in [0.25, 0.3) is 10.8 Å². The van der Waals surface area contributed by atoms with Gasteiger partial charge in [0.05, 0.1) is 7.11 Å². The van der Waals surface area contributed by atoms with E-state index in [0.717, 1.165) is 17.6 Å². The van der Waals surface area contributed by atoms with Crippen LogP contribution in [0.4, 0.5) is 0 Å². The third-order valence-corrected chi connectivity index (χ3v) is 6.11. The number of hydrogen-bond acceptors (Lipinski definition) is 1. The van der Waals surface area contributed by atoms with Crippen molar-refractivity contribution in [1.82, 2.24) is 0 Å². The van der Waals surface area contributed by atoms with Gasteiger partial charge in [0.1, 0.15) is 5.75 Å². The van der Waals surface area contributed by atoms with E-state index in [9.17, 15) is 0 Å². The standard InChI is InChI=1S/C24H34O/c1-3-4-5-6-7-8-19-9-11-20(12-10-19)21-13-14-23-18-24(25-2)16-15-22(23)17-21/h13-20H,3-12H2,1-2H3/t19-,20-. The summed E-state index contributed by atoms with van der Waals surface area (Å²) in [6.45, 7) is 2.30. The van der Waals surface area contributed by atoms with Crippen LogP contribution in [-0.2, 0) is 0 Å². The first kappa shape index (κ1) is 18.3. The Morgan fingerprint density at radius 1 is 0.840 bits per heavy atom. The van der Waals surface area contributed by atoms with Gasteiger partial charge in [0.25, 0.3) is 0 Å². The molecule has 1 aliphatic carbocycles. The van der Waals surface area contributed by atoms with Crippen LogP contribution >= 0.6 is 0 Å². The van der Waals surface area contributed by atoms with Crippen molar-refractivity contribution in [3.8, 4) is 5.75 Å². The summed E-state index contributed by atoms with van der Waals surface area (Å²) in [5.41, 5.74) is 1.54. The van der Waals surface area contributed by atoms with Crippen LogP contribution in [0.1, 0.15) is 82.6 Å². The van der Waals surface area contributed by atoms with Crippen molar-refractivity contribution in [2.24, 2.45) is 5.92 Å². The summed E-state index contributed by atoms with van der Waals surface area (Å²) in [4.78, 5) is 0. The maximum atomic E-state index is 5.33. The molecular weight excluding hydrogens is 304 g/mol. The Morgan fingerprint density at radius 2 is 1.56 bits per heavy atom. The fourth-order valence-electron chi connectivity index (χ4n) is 4.44. The minimum absolute atomic E-state index is 0.767. The minimum atomic E-state index is 0.767. The molecule has 0 saturated heterocycles. The van der Waals surface area contributed by atoms with Crippen LogP contribution in [0.15, 0.2) is 36.4 Å². The molecule has 1 fully saturated rings. The fourth-order valence-corrected chi connectivity index (χ4v) is 4.44. The van der Waals surface area contributed by atoms with E-state index in [1.165, 1.54) is 75.0 Å². The average Bonchev–Trinajstić information content (AvgIpc) is 2.67. The number of ether oxygens (including phenoxy) is 1. The van der Waals surface area contributed by atoms with Crippen LogP contribution in [-0.4, -0.2) is 7.11 Å². The molecule has 0 aliphatic heterocycles. The zero-order valence-corrected chi connectivity index (χ0v) is 16.1. The molecule has 2 aromatic rings. The number of rotatable bonds is 8. The Morgan fingerprint density at radius 3 is 2.32 bits per heavy atom. The van der Waals surface area contributed by atoms with Gasteiger partial charge in [0, 0.05) is 0 Å². The summed E-state index contributed by atoms with van der Waals surface area (Å²) in [5, 5.41) is 2.63. The van der Waals surface area contributed by atoms with Gasteiger partial charge in [-0.05, 0) is 66.0 Å². The topological polar surface area (TPSA) is 9.23 Å². The maximum absolute atomic E-state index is 5.33. The summed E-state index contributed by atoms with van der Waals surface area (Å²) in [7, 11) is 1.73. The molecule has 0 aromatic heterocycles. The van der Waals surface area contributed by atoms with E-state index in [1.54, 1.807) is 12.7 Å². The van der Waals surface area contributed by atoms with E-state index in [1.807, 2.05) is 0 Å². The smallest absolute Gasteiger partial charge is 0.119 e. The minimum Gasteiger partial charge on any atom is -0.497 e. The van der Waals surface area contributed by atoms with Crippen molar-refractivity contribution < 1.29 is 4.74 Å². The molecule has 136 valence electrons. The lowest BCUT2D eigenvalue weighted by Crippen LogP contribution is -2.13. The maximum Gasteiger partial charge on any atom is 0.119 e. The largest absolute Gasteiger partial charge is 0.497 e. The zero-order valence-electron chi connectivity index (χ0n) is 16.1. The summed E-state index contributed by atoms with van der Waals surface area (Å²) in [6, 6.07) is 13.4. The second kappa shape index (κ2) is 9.27. The van der Waals surface area contributed by atoms with Crippen LogP contribution in [0.2, 0.25) is 0 Å². The number of fused-ring (bicyclic) bond motifs is 1. The van der Waals surface area contributed by atoms with E-state index in [0.29, 0.717) is 0 Å². The van der Waals surface area contributed by atoms with Gasteiger partial charge in [-0.25, -0.2) is 0 Å². The van der Waals surface area contributed by atoms with Crippen LogP contribution in [0.3, 0.4) is 0 Å². The summed E-state index contributed by atoms with van der Waals surface area (Å²) >= 11 is 0. The Hall–Kier alpha value is -1.50. The molecule has 1 saturated carbocycles. The third-order valence-electron chi connectivity index (χ3n) is 6.11. The van der Waals surface area contributed by atoms with E-state index < -0.39 is 0 Å². The van der Waals surface area contributed by atoms with Crippen molar-refractivity contribution >= 4 is 10.8 Å². The Bertz CT molecular complexity index is 652. The fraction of sp³-hybridized carbons (Fsp3) is 0.583. The van der Waals surface area contributed by atoms with Gasteiger partial charge >= 0.3 is 0 Å². The van der Waals surface area contributed by atoms with E-state index in [-0.39, 0.29) is 0 Å². The second-order valence-corrected chi connectivity index (χ2v) is 7.89. The normalized spacial score (nSPS) is 20.7. The van der Waals surface area contributed by atoms with Gasteiger partial charge in [0.2, 0.25) is 0 Å². The number of hydrogen-bond donors (Lipinski definition) is 0. The van der Waals surface area contributed by atoms with Crippen molar-refractivity contribution in [2.75, 3.05) is 7.11 Å². The molecule has 0 amide bonds. The van der Waals surface area contributed by atoms with Gasteiger partial charge in [-0.15, -0.1) is 0 Å². The monoisotopic (exact) mass is 338 g/mol. The van der Waals surface area contributed by atoms with Crippen molar-refractivity contribution in [3.63, 3.8) is 0 Å². The van der Waals surface area contributed by atoms with E-state index >= 15 is 0 Å². The molecule has 0 bridgehead atoms. The van der Waals surface area contributed by atoms with Crippen LogP contribution in [0, 0.1) is 5.92 Å². The Balaban J connectivity index is 1.51. The first-order chi connectivity index (χ1) is 12.3. The average molecular weight is 339 g/mol. The molecule has 0 heterocycles. The predicted molar refractivity (Wildman–Crippen MR) is 109 cm³/mol. The molecule has 0 atom stereocenters. The highest BCUT2D eigenvalue weighted by molar-refractivity contribution is 5.84. The SMILES string of the molecule is CCCCCCC[C@H]1CC[C@H](c2ccc3cc(OC)ccc3c2)CC1. The quantitative estimate of drug-likeness (QED) is 0.453. The second-order valence-electron chi connectivity index (χ2n) is 7.89. The van der Waals surface area contributed by atoms with Gasteiger partial charge in [-0.1, -0.05) is 69.7 Å². The molecule has 1 nitrogen and oxygen atoms in total. The molecule has 25 heavy (non-hydrogen) atoms. The van der Waals surface area contributed by atoms with E-state index in [2.05, 4.69) is 43.3 Å². The number of benzene rings is 2. The molecule has 0 spiro atoms. The van der Waals surface area contributed by atoms with Crippen molar-refractivity contribution in [2.45, 2.75) is 77.0 Å². The molecule has 3 rings (SSSR count). The van der Waals surface area contributed by atoms with Gasteiger partial charge in [-0.2, -0.15) is 0 Å². The van der Waals surface area contributed by atoms with Gasteiger partial charge in [0.15, 0.2) is 0 Å². The van der Waals surface area contributed by atoms with Gasteiger partial charge in [-0.3, -0.25) is 0 Å². The van der Waals surface area contributed by atoms with Gasteiger partial charge < -0.3 is 4.74 Å². The first-order valence-electron chi connectivity index (χ1n) is 10.4. The lowest BCUT2D eigenvalue weighted by atomic mass is 9.77. The van der Waals surface area contributed by atoms with Crippen LogP contribution < -0.4 is 4.74 Å². The first-order valence-corrected chi connectivity index (χ1v) is 10.4. The molecule has 0 N–H and O–H groups in total. The lowest BCUT2D eigenvalue weighted by Gasteiger charge is -2.29. The summed E-state index contributed by atoms with van der Waals surface area (Å²) in [5.74, 6) is 2.70. The van der Waals surface area contributed by atoms with Crippen molar-refractivity contribution in [1.29, 1.82) is 0 Å². The number of unbranched alkanes of at least 4 members (excludes halogenated alkanes) is 4.